The predicted octanol–water partition coefficient (Wildman–Crippen LogP) is 1.81. The van der Waals surface area contributed by atoms with E-state index in [2.05, 4.69) is 4.98 Å². The molecule has 0 bridgehead atoms. The summed E-state index contributed by atoms with van der Waals surface area (Å²) in [6.07, 6.45) is 0.157. The molecule has 3 nitrogen and oxygen atoms in total. The molecule has 64 valence electrons. The van der Waals surface area contributed by atoms with Crippen LogP contribution < -0.4 is 4.74 Å². The molecule has 1 aliphatic rings. The molecular formula is C8H8ClNO2. The molecule has 0 spiro atoms. The largest absolute Gasteiger partial charge is 0.481 e. The molecule has 0 radical (unpaired) electrons. The van der Waals surface area contributed by atoms with Gasteiger partial charge in [-0.25, -0.2) is 4.98 Å². The predicted molar refractivity (Wildman–Crippen MR) is 44.5 cm³/mol. The Morgan fingerprint density at radius 2 is 2.42 bits per heavy atom. The summed E-state index contributed by atoms with van der Waals surface area (Å²) in [5.41, 5.74) is 0.974. The first kappa shape index (κ1) is 7.83. The SMILES string of the molecule is COc1nc(Cl)ccc1[C@H]1CO1. The standard InChI is InChI=1S/C8H8ClNO2/c1-11-8-5(6-4-12-6)2-3-7(9)10-8/h2-3,6H,4H2,1H3/t6-/m1/s1. The third-order valence-corrected chi connectivity index (χ3v) is 1.94. The second-order valence-corrected chi connectivity index (χ2v) is 2.94. The topological polar surface area (TPSA) is 34.6 Å². The molecule has 0 saturated carbocycles. The molecular weight excluding hydrogens is 178 g/mol. The van der Waals surface area contributed by atoms with Crippen LogP contribution in [0.2, 0.25) is 5.15 Å². The lowest BCUT2D eigenvalue weighted by Crippen LogP contribution is -1.93. The van der Waals surface area contributed by atoms with Crippen molar-refractivity contribution in [3.05, 3.63) is 22.8 Å². The lowest BCUT2D eigenvalue weighted by Gasteiger charge is -2.03. The van der Waals surface area contributed by atoms with Crippen LogP contribution in [-0.4, -0.2) is 18.7 Å². The van der Waals surface area contributed by atoms with Crippen LogP contribution in [0, 0.1) is 0 Å². The number of hydrogen-bond acceptors (Lipinski definition) is 3. The van der Waals surface area contributed by atoms with E-state index in [1.54, 1.807) is 13.2 Å². The first-order valence-electron chi connectivity index (χ1n) is 3.63. The molecule has 12 heavy (non-hydrogen) atoms. The molecule has 0 unspecified atom stereocenters. The number of rotatable bonds is 2. The Morgan fingerprint density at radius 1 is 1.67 bits per heavy atom. The maximum Gasteiger partial charge on any atom is 0.220 e. The van der Waals surface area contributed by atoms with Gasteiger partial charge < -0.3 is 9.47 Å². The lowest BCUT2D eigenvalue weighted by atomic mass is 10.2. The van der Waals surface area contributed by atoms with Crippen molar-refractivity contribution in [2.45, 2.75) is 6.10 Å². The molecule has 0 N–H and O–H groups in total. The summed E-state index contributed by atoms with van der Waals surface area (Å²) in [5.74, 6) is 0.560. The normalized spacial score (nSPS) is 20.7. The molecule has 2 rings (SSSR count). The fraction of sp³-hybridized carbons (Fsp3) is 0.375. The van der Waals surface area contributed by atoms with Crippen molar-refractivity contribution < 1.29 is 9.47 Å². The number of nitrogens with zero attached hydrogens (tertiary/aromatic N) is 1. The van der Waals surface area contributed by atoms with E-state index in [-0.39, 0.29) is 6.10 Å². The Kier molecular flexibility index (Phi) is 1.90. The summed E-state index contributed by atoms with van der Waals surface area (Å²) in [5, 5.41) is 0.441. The number of hydrogen-bond donors (Lipinski definition) is 0. The highest BCUT2D eigenvalue weighted by molar-refractivity contribution is 6.29. The van der Waals surface area contributed by atoms with Gasteiger partial charge in [0.15, 0.2) is 0 Å². The van der Waals surface area contributed by atoms with Crippen LogP contribution in [0.3, 0.4) is 0 Å². The lowest BCUT2D eigenvalue weighted by molar-refractivity contribution is 0.372. The van der Waals surface area contributed by atoms with Gasteiger partial charge >= 0.3 is 0 Å². The van der Waals surface area contributed by atoms with Gasteiger partial charge in [0, 0.05) is 5.56 Å². The van der Waals surface area contributed by atoms with Crippen LogP contribution in [0.25, 0.3) is 0 Å². The molecule has 1 saturated heterocycles. The Bertz CT molecular complexity index is 299. The second kappa shape index (κ2) is 2.92. The zero-order valence-corrected chi connectivity index (χ0v) is 7.34. The van der Waals surface area contributed by atoms with E-state index in [0.717, 1.165) is 12.2 Å². The number of halogens is 1. The van der Waals surface area contributed by atoms with E-state index in [1.807, 2.05) is 6.07 Å². The highest BCUT2D eigenvalue weighted by Crippen LogP contribution is 2.35. The Hall–Kier alpha value is -0.800. The fourth-order valence-electron chi connectivity index (χ4n) is 1.06. The molecule has 1 aromatic heterocycles. The molecule has 2 heterocycles. The molecule has 0 amide bonds. The molecule has 0 aromatic carbocycles. The average molecular weight is 186 g/mol. The highest BCUT2D eigenvalue weighted by Gasteiger charge is 2.28. The van der Waals surface area contributed by atoms with Crippen LogP contribution >= 0.6 is 11.6 Å². The zero-order valence-electron chi connectivity index (χ0n) is 6.58. The molecule has 1 aromatic rings. The van der Waals surface area contributed by atoms with Gasteiger partial charge in [0.2, 0.25) is 5.88 Å². The van der Waals surface area contributed by atoms with Crippen molar-refractivity contribution in [1.29, 1.82) is 0 Å². The number of aromatic nitrogens is 1. The van der Waals surface area contributed by atoms with Crippen molar-refractivity contribution in [2.75, 3.05) is 13.7 Å². The zero-order chi connectivity index (χ0) is 8.55. The summed E-state index contributed by atoms with van der Waals surface area (Å²) in [4.78, 5) is 4.02. The monoisotopic (exact) mass is 185 g/mol. The molecule has 1 atom stereocenters. The van der Waals surface area contributed by atoms with Crippen LogP contribution in [-0.2, 0) is 4.74 Å². The van der Waals surface area contributed by atoms with E-state index in [4.69, 9.17) is 21.1 Å². The fourth-order valence-corrected chi connectivity index (χ4v) is 1.20. The van der Waals surface area contributed by atoms with Gasteiger partial charge in [-0.2, -0.15) is 0 Å². The Balaban J connectivity index is 2.38. The first-order chi connectivity index (χ1) is 5.81. The quantitative estimate of drug-likeness (QED) is 0.521. The summed E-state index contributed by atoms with van der Waals surface area (Å²) in [6.45, 7) is 0.750. The first-order valence-corrected chi connectivity index (χ1v) is 4.01. The van der Waals surface area contributed by atoms with Gasteiger partial charge in [0.1, 0.15) is 11.3 Å². The molecule has 0 aliphatic carbocycles. The van der Waals surface area contributed by atoms with Crippen LogP contribution in [0.5, 0.6) is 5.88 Å². The van der Waals surface area contributed by atoms with Gasteiger partial charge in [0.05, 0.1) is 13.7 Å². The minimum absolute atomic E-state index is 0.157. The van der Waals surface area contributed by atoms with E-state index in [1.165, 1.54) is 0 Å². The Labute approximate surface area is 75.3 Å². The molecule has 1 aliphatic heterocycles. The van der Waals surface area contributed by atoms with Crippen molar-refractivity contribution in [3.63, 3.8) is 0 Å². The van der Waals surface area contributed by atoms with Gasteiger partial charge in [-0.1, -0.05) is 11.6 Å². The van der Waals surface area contributed by atoms with Crippen LogP contribution in [0.15, 0.2) is 12.1 Å². The van der Waals surface area contributed by atoms with Crippen LogP contribution in [0.1, 0.15) is 11.7 Å². The summed E-state index contributed by atoms with van der Waals surface area (Å²) < 4.78 is 10.2. The van der Waals surface area contributed by atoms with Crippen LogP contribution in [0.4, 0.5) is 0 Å². The Morgan fingerprint density at radius 3 is 3.00 bits per heavy atom. The summed E-state index contributed by atoms with van der Waals surface area (Å²) in [6, 6.07) is 3.62. The van der Waals surface area contributed by atoms with Gasteiger partial charge in [0.25, 0.3) is 0 Å². The average Bonchev–Trinajstić information content (AvgIpc) is 2.87. The number of methoxy groups -OCH3 is 1. The van der Waals surface area contributed by atoms with Gasteiger partial charge in [-0.3, -0.25) is 0 Å². The number of pyridine rings is 1. The van der Waals surface area contributed by atoms with Crippen molar-refractivity contribution in [2.24, 2.45) is 0 Å². The van der Waals surface area contributed by atoms with E-state index in [9.17, 15) is 0 Å². The third-order valence-electron chi connectivity index (χ3n) is 1.73. The maximum atomic E-state index is 5.69. The second-order valence-electron chi connectivity index (χ2n) is 2.55. The maximum absolute atomic E-state index is 5.69. The third kappa shape index (κ3) is 1.38. The van der Waals surface area contributed by atoms with E-state index >= 15 is 0 Å². The van der Waals surface area contributed by atoms with Gasteiger partial charge in [-0.15, -0.1) is 0 Å². The van der Waals surface area contributed by atoms with Crippen molar-refractivity contribution >= 4 is 11.6 Å². The number of epoxide rings is 1. The highest BCUT2D eigenvalue weighted by atomic mass is 35.5. The smallest absolute Gasteiger partial charge is 0.220 e. The van der Waals surface area contributed by atoms with E-state index < -0.39 is 0 Å². The van der Waals surface area contributed by atoms with Gasteiger partial charge in [-0.05, 0) is 12.1 Å². The summed E-state index contributed by atoms with van der Waals surface area (Å²) >= 11 is 5.69. The van der Waals surface area contributed by atoms with Crippen molar-refractivity contribution in [1.82, 2.24) is 4.98 Å². The summed E-state index contributed by atoms with van der Waals surface area (Å²) in [7, 11) is 1.57. The minimum Gasteiger partial charge on any atom is -0.481 e. The van der Waals surface area contributed by atoms with Crippen molar-refractivity contribution in [3.8, 4) is 5.88 Å². The minimum atomic E-state index is 0.157. The molecule has 1 fully saturated rings. The van der Waals surface area contributed by atoms with E-state index in [0.29, 0.717) is 11.0 Å². The molecule has 4 heteroatoms. The number of ether oxygens (including phenoxy) is 2.